The lowest BCUT2D eigenvalue weighted by molar-refractivity contribution is -0.122. The zero-order valence-corrected chi connectivity index (χ0v) is 19.5. The van der Waals surface area contributed by atoms with Crippen LogP contribution in [-0.2, 0) is 34.5 Å². The number of carbonyl (C=O) groups is 1. The Kier molecular flexibility index (Phi) is 7.82. The van der Waals surface area contributed by atoms with Crippen LogP contribution in [0.2, 0.25) is 0 Å². The van der Waals surface area contributed by atoms with Crippen molar-refractivity contribution in [2.75, 3.05) is 13.1 Å². The van der Waals surface area contributed by atoms with Gasteiger partial charge in [-0.2, -0.15) is 0 Å². The molecule has 2 heterocycles. The molecule has 1 aromatic carbocycles. The Balaban J connectivity index is 1.78. The Hall–Kier alpha value is -2.27. The van der Waals surface area contributed by atoms with Crippen LogP contribution in [0.25, 0.3) is 11.0 Å². The summed E-state index contributed by atoms with van der Waals surface area (Å²) >= 11 is 1.61. The molecule has 3 aromatic rings. The van der Waals surface area contributed by atoms with E-state index in [1.165, 1.54) is 12.1 Å². The molecule has 0 bridgehead atoms. The highest BCUT2D eigenvalue weighted by molar-refractivity contribution is 7.89. The number of nitrogens with two attached hydrogens (primary N) is 1. The van der Waals surface area contributed by atoms with E-state index < -0.39 is 10.0 Å². The van der Waals surface area contributed by atoms with E-state index >= 15 is 0 Å². The first kappa shape index (κ1) is 23.4. The standard InChI is InChI=1S/C21H29N5O3S2/c1-3-5-10-26-19-9-8-17(31(22,28)29)12-18(19)24-20(26)14-25(4-2)15-21(27)23-13-16-7-6-11-30-16/h6-9,11-12H,3-5,10,13-15H2,1-2H3,(H,23,27)(H2,22,28,29). The van der Waals surface area contributed by atoms with E-state index in [4.69, 9.17) is 10.1 Å². The number of carbonyl (C=O) groups excluding carboxylic acids is 1. The number of likely N-dealkylation sites (N-methyl/N-ethyl adjacent to an activating group) is 1. The van der Waals surface area contributed by atoms with Crippen LogP contribution in [0.1, 0.15) is 37.4 Å². The Morgan fingerprint density at radius 2 is 2.10 bits per heavy atom. The number of fused-ring (bicyclic) bond motifs is 1. The van der Waals surface area contributed by atoms with Crippen LogP contribution in [0, 0.1) is 0 Å². The molecule has 0 aliphatic rings. The van der Waals surface area contributed by atoms with Gasteiger partial charge in [0, 0.05) is 11.4 Å². The van der Waals surface area contributed by atoms with E-state index in [2.05, 4.69) is 16.8 Å². The van der Waals surface area contributed by atoms with Crippen LogP contribution in [0.15, 0.2) is 40.6 Å². The number of hydrogen-bond acceptors (Lipinski definition) is 6. The summed E-state index contributed by atoms with van der Waals surface area (Å²) in [4.78, 5) is 20.3. The summed E-state index contributed by atoms with van der Waals surface area (Å²) in [6.45, 7) is 6.87. The normalized spacial score (nSPS) is 12.0. The number of aryl methyl sites for hydroxylation is 1. The summed E-state index contributed by atoms with van der Waals surface area (Å²) in [5, 5.41) is 10.2. The third kappa shape index (κ3) is 6.13. The van der Waals surface area contributed by atoms with Gasteiger partial charge in [0.25, 0.3) is 0 Å². The number of sulfonamides is 1. The molecular formula is C21H29N5O3S2. The number of unbranched alkanes of at least 4 members (excludes halogenated alkanes) is 1. The van der Waals surface area contributed by atoms with Crippen molar-refractivity contribution in [3.05, 3.63) is 46.4 Å². The molecule has 0 spiro atoms. The van der Waals surface area contributed by atoms with E-state index in [0.717, 1.165) is 35.6 Å². The van der Waals surface area contributed by atoms with Crippen LogP contribution < -0.4 is 10.5 Å². The minimum Gasteiger partial charge on any atom is -0.350 e. The maximum absolute atomic E-state index is 12.4. The first-order valence-corrected chi connectivity index (χ1v) is 12.8. The van der Waals surface area contributed by atoms with E-state index in [9.17, 15) is 13.2 Å². The van der Waals surface area contributed by atoms with Crippen LogP contribution in [0.4, 0.5) is 0 Å². The molecule has 0 saturated carbocycles. The van der Waals surface area contributed by atoms with Crippen molar-refractivity contribution >= 4 is 38.3 Å². The number of imidazole rings is 1. The summed E-state index contributed by atoms with van der Waals surface area (Å²) in [6, 6.07) is 8.74. The smallest absolute Gasteiger partial charge is 0.238 e. The second-order valence-corrected chi connectivity index (χ2v) is 9.98. The second kappa shape index (κ2) is 10.4. The molecule has 31 heavy (non-hydrogen) atoms. The van der Waals surface area contributed by atoms with Gasteiger partial charge in [-0.1, -0.05) is 26.3 Å². The molecule has 1 amide bonds. The zero-order valence-electron chi connectivity index (χ0n) is 17.9. The predicted molar refractivity (Wildman–Crippen MR) is 123 cm³/mol. The highest BCUT2D eigenvalue weighted by atomic mass is 32.2. The highest BCUT2D eigenvalue weighted by Crippen LogP contribution is 2.22. The molecule has 0 unspecified atom stereocenters. The fraction of sp³-hybridized carbons (Fsp3) is 0.429. The SMILES string of the molecule is CCCCn1c(CN(CC)CC(=O)NCc2cccs2)nc2cc(S(N)(=O)=O)ccc21. The largest absolute Gasteiger partial charge is 0.350 e. The Bertz CT molecular complexity index is 1120. The monoisotopic (exact) mass is 463 g/mol. The first-order valence-electron chi connectivity index (χ1n) is 10.3. The van der Waals surface area contributed by atoms with E-state index in [1.807, 2.05) is 29.3 Å². The van der Waals surface area contributed by atoms with E-state index in [-0.39, 0.29) is 17.3 Å². The number of nitrogens with one attached hydrogen (secondary N) is 1. The lowest BCUT2D eigenvalue weighted by atomic mass is 10.3. The van der Waals surface area contributed by atoms with Gasteiger partial charge < -0.3 is 9.88 Å². The third-order valence-electron chi connectivity index (χ3n) is 5.08. The lowest BCUT2D eigenvalue weighted by Gasteiger charge is -2.20. The van der Waals surface area contributed by atoms with Gasteiger partial charge in [-0.05, 0) is 42.6 Å². The number of nitrogens with zero attached hydrogens (tertiary/aromatic N) is 3. The van der Waals surface area contributed by atoms with Gasteiger partial charge in [0.2, 0.25) is 15.9 Å². The number of primary sulfonamides is 1. The maximum Gasteiger partial charge on any atom is 0.238 e. The zero-order chi connectivity index (χ0) is 22.4. The molecule has 168 valence electrons. The minimum absolute atomic E-state index is 0.0389. The molecule has 0 fully saturated rings. The molecule has 0 aliphatic carbocycles. The van der Waals surface area contributed by atoms with Crippen molar-refractivity contribution in [2.24, 2.45) is 5.14 Å². The summed E-state index contributed by atoms with van der Waals surface area (Å²) in [6.07, 6.45) is 2.00. The molecule has 2 aromatic heterocycles. The molecule has 0 saturated heterocycles. The number of hydrogen-bond donors (Lipinski definition) is 2. The van der Waals surface area contributed by atoms with Crippen LogP contribution in [0.5, 0.6) is 0 Å². The quantitative estimate of drug-likeness (QED) is 0.454. The van der Waals surface area contributed by atoms with E-state index in [0.29, 0.717) is 25.2 Å². The number of thiophene rings is 1. The second-order valence-electron chi connectivity index (χ2n) is 7.39. The van der Waals surface area contributed by atoms with Gasteiger partial charge >= 0.3 is 0 Å². The summed E-state index contributed by atoms with van der Waals surface area (Å²) < 4.78 is 25.6. The van der Waals surface area contributed by atoms with Gasteiger partial charge in [-0.3, -0.25) is 9.69 Å². The number of benzene rings is 1. The van der Waals surface area contributed by atoms with E-state index in [1.54, 1.807) is 17.4 Å². The third-order valence-corrected chi connectivity index (χ3v) is 6.87. The number of aromatic nitrogens is 2. The van der Waals surface area contributed by atoms with Gasteiger partial charge in [0.15, 0.2) is 0 Å². The van der Waals surface area contributed by atoms with Gasteiger partial charge in [0.05, 0.1) is 35.6 Å². The minimum atomic E-state index is -3.80. The number of rotatable bonds is 11. The highest BCUT2D eigenvalue weighted by Gasteiger charge is 2.18. The predicted octanol–water partition coefficient (Wildman–Crippen LogP) is 2.68. The molecule has 3 rings (SSSR count). The fourth-order valence-electron chi connectivity index (χ4n) is 3.36. The topological polar surface area (TPSA) is 110 Å². The molecular weight excluding hydrogens is 434 g/mol. The molecule has 0 aliphatic heterocycles. The Labute approximate surface area is 187 Å². The molecule has 0 radical (unpaired) electrons. The summed E-state index contributed by atoms with van der Waals surface area (Å²) in [5.74, 6) is 0.769. The molecule has 8 nitrogen and oxygen atoms in total. The molecule has 10 heteroatoms. The van der Waals surface area contributed by atoms with Crippen molar-refractivity contribution in [3.63, 3.8) is 0 Å². The lowest BCUT2D eigenvalue weighted by Crippen LogP contribution is -2.37. The summed E-state index contributed by atoms with van der Waals surface area (Å²) in [7, 11) is -3.80. The first-order chi connectivity index (χ1) is 14.8. The average Bonchev–Trinajstić information content (AvgIpc) is 3.36. The van der Waals surface area contributed by atoms with Crippen LogP contribution in [0.3, 0.4) is 0 Å². The number of amides is 1. The fourth-order valence-corrected chi connectivity index (χ4v) is 4.54. The average molecular weight is 464 g/mol. The molecule has 3 N–H and O–H groups in total. The maximum atomic E-state index is 12.4. The van der Waals surface area contributed by atoms with Crippen molar-refractivity contribution in [1.29, 1.82) is 0 Å². The summed E-state index contributed by atoms with van der Waals surface area (Å²) in [5.41, 5.74) is 1.46. The Morgan fingerprint density at radius 3 is 2.74 bits per heavy atom. The van der Waals surface area contributed by atoms with Gasteiger partial charge in [-0.25, -0.2) is 18.5 Å². The van der Waals surface area contributed by atoms with Crippen LogP contribution in [-0.4, -0.2) is 41.9 Å². The van der Waals surface area contributed by atoms with Crippen molar-refractivity contribution < 1.29 is 13.2 Å². The van der Waals surface area contributed by atoms with Crippen LogP contribution >= 0.6 is 11.3 Å². The van der Waals surface area contributed by atoms with Crippen molar-refractivity contribution in [3.8, 4) is 0 Å². The van der Waals surface area contributed by atoms with Crippen molar-refractivity contribution in [1.82, 2.24) is 19.8 Å². The van der Waals surface area contributed by atoms with Gasteiger partial charge in [-0.15, -0.1) is 11.3 Å². The van der Waals surface area contributed by atoms with Crippen molar-refractivity contribution in [2.45, 2.75) is 51.2 Å². The van der Waals surface area contributed by atoms with Gasteiger partial charge in [0.1, 0.15) is 5.82 Å². The Morgan fingerprint density at radius 1 is 1.29 bits per heavy atom. The molecule has 0 atom stereocenters.